The third-order valence-electron chi connectivity index (χ3n) is 4.08. The molecule has 1 saturated heterocycles. The lowest BCUT2D eigenvalue weighted by Gasteiger charge is -2.42. The largest absolute Gasteiger partial charge is 0.466 e. The van der Waals surface area contributed by atoms with Crippen molar-refractivity contribution in [2.75, 3.05) is 13.2 Å². The molecule has 0 amide bonds. The van der Waals surface area contributed by atoms with Crippen molar-refractivity contribution < 1.29 is 19.0 Å². The highest BCUT2D eigenvalue weighted by molar-refractivity contribution is 5.71. The summed E-state index contributed by atoms with van der Waals surface area (Å²) < 4.78 is 17.1. The van der Waals surface area contributed by atoms with Crippen molar-refractivity contribution >= 4 is 5.97 Å². The summed E-state index contributed by atoms with van der Waals surface area (Å²) in [5, 5.41) is 0. The maximum Gasteiger partial charge on any atom is 0.309 e. The molecule has 1 fully saturated rings. The Kier molecular flexibility index (Phi) is 4.08. The lowest BCUT2D eigenvalue weighted by Crippen LogP contribution is -2.46. The van der Waals surface area contributed by atoms with Crippen LogP contribution in [0.15, 0.2) is 42.5 Å². The Morgan fingerprint density at radius 1 is 1.38 bits per heavy atom. The standard InChI is InChI=1S/C17H20O4/c1-2-19-15(18)11-17-10-6-9-14(17)12-20-16(21-17)13-7-4-3-5-8-13/h3-8,10,14,16H,2,9,11-12H2,1H3/t14-,16?,17+/m1/s1. The molecule has 0 saturated carbocycles. The third-order valence-corrected chi connectivity index (χ3v) is 4.08. The minimum atomic E-state index is -0.592. The lowest BCUT2D eigenvalue weighted by molar-refractivity contribution is -0.268. The SMILES string of the molecule is CCOC(=O)C[C@@]12C=CC[C@@H]1COC(c1ccccc1)O2. The van der Waals surface area contributed by atoms with Crippen LogP contribution in [0.3, 0.4) is 0 Å². The molecule has 0 bridgehead atoms. The molecule has 0 spiro atoms. The Morgan fingerprint density at radius 3 is 2.95 bits per heavy atom. The smallest absolute Gasteiger partial charge is 0.309 e. The zero-order chi connectivity index (χ0) is 14.7. The molecule has 0 N–H and O–H groups in total. The Balaban J connectivity index is 1.79. The molecule has 4 heteroatoms. The van der Waals surface area contributed by atoms with E-state index in [-0.39, 0.29) is 18.3 Å². The van der Waals surface area contributed by atoms with Crippen LogP contribution < -0.4 is 0 Å². The molecule has 112 valence electrons. The van der Waals surface area contributed by atoms with Crippen LogP contribution in [0.2, 0.25) is 0 Å². The van der Waals surface area contributed by atoms with Gasteiger partial charge in [0.05, 0.1) is 19.6 Å². The minimum absolute atomic E-state index is 0.182. The number of ether oxygens (including phenoxy) is 3. The van der Waals surface area contributed by atoms with E-state index in [9.17, 15) is 4.79 Å². The average Bonchev–Trinajstić information content (AvgIpc) is 2.90. The van der Waals surface area contributed by atoms with E-state index in [0.29, 0.717) is 13.2 Å². The zero-order valence-electron chi connectivity index (χ0n) is 12.2. The van der Waals surface area contributed by atoms with Crippen molar-refractivity contribution in [2.24, 2.45) is 5.92 Å². The van der Waals surface area contributed by atoms with Crippen molar-refractivity contribution in [2.45, 2.75) is 31.7 Å². The fraction of sp³-hybridized carbons (Fsp3) is 0.471. The van der Waals surface area contributed by atoms with Crippen LogP contribution >= 0.6 is 0 Å². The molecule has 3 atom stereocenters. The van der Waals surface area contributed by atoms with Gasteiger partial charge in [0, 0.05) is 11.5 Å². The third kappa shape index (κ3) is 2.87. The van der Waals surface area contributed by atoms with E-state index < -0.39 is 11.9 Å². The summed E-state index contributed by atoms with van der Waals surface area (Å²) in [5.41, 5.74) is 0.379. The highest BCUT2D eigenvalue weighted by Gasteiger charge is 2.48. The Morgan fingerprint density at radius 2 is 2.19 bits per heavy atom. The number of rotatable bonds is 4. The van der Waals surface area contributed by atoms with Gasteiger partial charge in [-0.25, -0.2) is 0 Å². The van der Waals surface area contributed by atoms with Gasteiger partial charge < -0.3 is 14.2 Å². The second-order valence-electron chi connectivity index (χ2n) is 5.47. The van der Waals surface area contributed by atoms with Gasteiger partial charge in [0.25, 0.3) is 0 Å². The van der Waals surface area contributed by atoms with Gasteiger partial charge in [0.2, 0.25) is 0 Å². The number of esters is 1. The van der Waals surface area contributed by atoms with Crippen molar-refractivity contribution in [3.8, 4) is 0 Å². The first kappa shape index (κ1) is 14.3. The van der Waals surface area contributed by atoms with E-state index in [1.807, 2.05) is 43.3 Å². The molecule has 1 unspecified atom stereocenters. The number of carbonyl (C=O) groups is 1. The topological polar surface area (TPSA) is 44.8 Å². The Bertz CT molecular complexity index is 525. The zero-order valence-corrected chi connectivity index (χ0v) is 12.2. The van der Waals surface area contributed by atoms with E-state index >= 15 is 0 Å². The Hall–Kier alpha value is -1.65. The minimum Gasteiger partial charge on any atom is -0.466 e. The second-order valence-corrected chi connectivity index (χ2v) is 5.47. The van der Waals surface area contributed by atoms with Crippen LogP contribution in [0.5, 0.6) is 0 Å². The first-order chi connectivity index (χ1) is 10.2. The predicted molar refractivity (Wildman–Crippen MR) is 77.4 cm³/mol. The van der Waals surface area contributed by atoms with Crippen LogP contribution in [0, 0.1) is 5.92 Å². The molecule has 1 heterocycles. The molecule has 0 radical (unpaired) electrons. The van der Waals surface area contributed by atoms with Gasteiger partial charge in [-0.2, -0.15) is 0 Å². The van der Waals surface area contributed by atoms with E-state index in [1.54, 1.807) is 0 Å². The first-order valence-electron chi connectivity index (χ1n) is 7.41. The number of carbonyl (C=O) groups excluding carboxylic acids is 1. The quantitative estimate of drug-likeness (QED) is 0.631. The predicted octanol–water partition coefficient (Wildman–Crippen LogP) is 3.00. The van der Waals surface area contributed by atoms with Crippen LogP contribution in [0.25, 0.3) is 0 Å². The molecule has 1 aromatic rings. The Labute approximate surface area is 124 Å². The fourth-order valence-corrected chi connectivity index (χ4v) is 3.01. The number of hydrogen-bond donors (Lipinski definition) is 0. The molecule has 21 heavy (non-hydrogen) atoms. The molecule has 1 aliphatic carbocycles. The first-order valence-corrected chi connectivity index (χ1v) is 7.41. The molecule has 4 nitrogen and oxygen atoms in total. The van der Waals surface area contributed by atoms with Crippen LogP contribution in [0.4, 0.5) is 0 Å². The molecule has 3 rings (SSSR count). The van der Waals surface area contributed by atoms with Gasteiger partial charge in [-0.1, -0.05) is 42.5 Å². The maximum atomic E-state index is 11.9. The van der Waals surface area contributed by atoms with Crippen LogP contribution in [0.1, 0.15) is 31.6 Å². The molecule has 1 aliphatic heterocycles. The number of fused-ring (bicyclic) bond motifs is 1. The molecule has 1 aromatic carbocycles. The highest BCUT2D eigenvalue weighted by Crippen LogP contribution is 2.44. The highest BCUT2D eigenvalue weighted by atomic mass is 16.7. The molecular weight excluding hydrogens is 268 g/mol. The fourth-order valence-electron chi connectivity index (χ4n) is 3.01. The summed E-state index contributed by atoms with van der Waals surface area (Å²) in [5.74, 6) is -0.0374. The summed E-state index contributed by atoms with van der Waals surface area (Å²) in [6, 6.07) is 9.82. The second kappa shape index (κ2) is 6.00. The van der Waals surface area contributed by atoms with Crippen molar-refractivity contribution in [1.82, 2.24) is 0 Å². The van der Waals surface area contributed by atoms with E-state index in [2.05, 4.69) is 6.08 Å². The van der Waals surface area contributed by atoms with Crippen molar-refractivity contribution in [3.05, 3.63) is 48.0 Å². The number of hydrogen-bond acceptors (Lipinski definition) is 4. The van der Waals surface area contributed by atoms with Crippen LogP contribution in [-0.4, -0.2) is 24.8 Å². The van der Waals surface area contributed by atoms with Crippen molar-refractivity contribution in [3.63, 3.8) is 0 Å². The summed E-state index contributed by atoms with van der Waals surface area (Å²) >= 11 is 0. The maximum absolute atomic E-state index is 11.9. The molecule has 0 aromatic heterocycles. The summed E-state index contributed by atoms with van der Waals surface area (Å²) in [4.78, 5) is 11.9. The van der Waals surface area contributed by atoms with Crippen LogP contribution in [-0.2, 0) is 19.0 Å². The van der Waals surface area contributed by atoms with Gasteiger partial charge in [-0.15, -0.1) is 0 Å². The number of benzene rings is 1. The number of allylic oxidation sites excluding steroid dienone is 1. The van der Waals surface area contributed by atoms with Gasteiger partial charge in [0.15, 0.2) is 6.29 Å². The monoisotopic (exact) mass is 288 g/mol. The molecular formula is C17H20O4. The van der Waals surface area contributed by atoms with E-state index in [0.717, 1.165) is 12.0 Å². The van der Waals surface area contributed by atoms with Crippen molar-refractivity contribution in [1.29, 1.82) is 0 Å². The molecule has 2 aliphatic rings. The average molecular weight is 288 g/mol. The van der Waals surface area contributed by atoms with E-state index in [4.69, 9.17) is 14.2 Å². The van der Waals surface area contributed by atoms with Gasteiger partial charge in [-0.3, -0.25) is 4.79 Å². The summed E-state index contributed by atoms with van der Waals surface area (Å²) in [6.07, 6.45) is 4.77. The normalized spacial score (nSPS) is 30.9. The summed E-state index contributed by atoms with van der Waals surface area (Å²) in [7, 11) is 0. The van der Waals surface area contributed by atoms with Gasteiger partial charge in [0.1, 0.15) is 5.60 Å². The summed E-state index contributed by atoms with van der Waals surface area (Å²) in [6.45, 7) is 2.79. The van der Waals surface area contributed by atoms with Gasteiger partial charge >= 0.3 is 5.97 Å². The van der Waals surface area contributed by atoms with E-state index in [1.165, 1.54) is 0 Å². The van der Waals surface area contributed by atoms with Gasteiger partial charge in [-0.05, 0) is 13.3 Å². The lowest BCUT2D eigenvalue weighted by atomic mass is 9.86.